The van der Waals surface area contributed by atoms with Crippen molar-refractivity contribution in [1.82, 2.24) is 0 Å². The van der Waals surface area contributed by atoms with Crippen LogP contribution in [0.3, 0.4) is 0 Å². The molecule has 104 valence electrons. The van der Waals surface area contributed by atoms with E-state index in [1.54, 1.807) is 0 Å². The van der Waals surface area contributed by atoms with Crippen LogP contribution in [0.15, 0.2) is 36.5 Å². The Hall–Kier alpha value is 0.688. The molecule has 0 saturated carbocycles. The second kappa shape index (κ2) is 21.0. The minimum Gasteiger partial charge on any atom is -1.00 e. The predicted molar refractivity (Wildman–Crippen MR) is 78.1 cm³/mol. The minimum absolute atomic E-state index is 0. The Labute approximate surface area is 150 Å². The van der Waals surface area contributed by atoms with E-state index in [0.717, 1.165) is 12.8 Å². The van der Waals surface area contributed by atoms with Crippen LogP contribution in [0.4, 0.5) is 0 Å². The molecule has 2 rings (SSSR count). The van der Waals surface area contributed by atoms with Gasteiger partial charge in [0, 0.05) is 16.6 Å². The van der Waals surface area contributed by atoms with Crippen LogP contribution in [-0.4, -0.2) is 16.6 Å². The third-order valence-corrected chi connectivity index (χ3v) is 10.2. The molecule has 0 saturated heterocycles. The summed E-state index contributed by atoms with van der Waals surface area (Å²) < 4.78 is 0. The quantitative estimate of drug-likeness (QED) is 0.380. The van der Waals surface area contributed by atoms with Crippen LogP contribution in [-0.2, 0) is 21.7 Å². The first-order chi connectivity index (χ1) is 7.64. The number of hydrogen-bond donors (Lipinski definition) is 0. The molecule has 0 aromatic rings. The minimum atomic E-state index is 0. The van der Waals surface area contributed by atoms with Gasteiger partial charge in [0.2, 0.25) is 0 Å². The topological polar surface area (TPSA) is 0 Å². The normalized spacial score (nSPS) is 12.7. The second-order valence-corrected chi connectivity index (χ2v) is 14.0. The van der Waals surface area contributed by atoms with Crippen LogP contribution in [0.25, 0.3) is 0 Å². The molecular weight excluding hydrogens is 343 g/mol. The smallest absolute Gasteiger partial charge is 1.00 e. The summed E-state index contributed by atoms with van der Waals surface area (Å²) in [6, 6.07) is 0. The van der Waals surface area contributed by atoms with Gasteiger partial charge in [-0.1, -0.05) is 26.2 Å². The van der Waals surface area contributed by atoms with Crippen molar-refractivity contribution in [3.05, 3.63) is 48.6 Å². The molecule has 0 bridgehead atoms. The summed E-state index contributed by atoms with van der Waals surface area (Å²) in [6.07, 6.45) is 20.0. The van der Waals surface area contributed by atoms with Gasteiger partial charge >= 0.3 is 21.7 Å². The zero-order chi connectivity index (χ0) is 12.2. The second-order valence-electron chi connectivity index (χ2n) is 4.01. The summed E-state index contributed by atoms with van der Waals surface area (Å²) in [4.78, 5) is 0. The monoisotopic (exact) mass is 364 g/mol. The molecular formula is C14H22Cl2Si2Ti. The van der Waals surface area contributed by atoms with E-state index in [1.807, 2.05) is 24.3 Å². The summed E-state index contributed by atoms with van der Waals surface area (Å²) in [5.41, 5.74) is 0. The van der Waals surface area contributed by atoms with Gasteiger partial charge < -0.3 is 24.8 Å². The molecule has 0 N–H and O–H groups in total. The van der Waals surface area contributed by atoms with Gasteiger partial charge in [0.25, 0.3) is 0 Å². The summed E-state index contributed by atoms with van der Waals surface area (Å²) in [5.74, 6) is 0. The van der Waals surface area contributed by atoms with E-state index in [2.05, 4.69) is 50.5 Å². The van der Waals surface area contributed by atoms with Crippen molar-refractivity contribution in [3.63, 3.8) is 0 Å². The molecule has 0 spiro atoms. The fourth-order valence-corrected chi connectivity index (χ4v) is 0.680. The first kappa shape index (κ1) is 27.9. The maximum absolute atomic E-state index is 2.99. The largest absolute Gasteiger partial charge is 4.00 e. The van der Waals surface area contributed by atoms with E-state index in [-0.39, 0.29) is 63.2 Å². The fourth-order valence-electron chi connectivity index (χ4n) is 0.680. The number of allylic oxidation sites excluding steroid dienone is 8. The molecule has 2 radical (unpaired) electrons. The molecule has 0 atom stereocenters. The first-order valence-corrected chi connectivity index (χ1v) is 11.7. The SMILES string of the molecule is C[Si](C)[Si](C)C.[C-]1=CC=CC1.[C-]1=CC=CC1.[Cl-].[Cl-].[Ti+4]. The molecule has 19 heavy (non-hydrogen) atoms. The Morgan fingerprint density at radius 1 is 0.737 bits per heavy atom. The zero-order valence-corrected chi connectivity index (χ0v) is 17.2. The van der Waals surface area contributed by atoms with E-state index in [4.69, 9.17) is 0 Å². The van der Waals surface area contributed by atoms with Crippen molar-refractivity contribution in [3.8, 4) is 0 Å². The van der Waals surface area contributed by atoms with Gasteiger partial charge in [-0.25, -0.2) is 24.3 Å². The molecule has 5 heteroatoms. The van der Waals surface area contributed by atoms with Crippen LogP contribution in [0.1, 0.15) is 12.8 Å². The molecule has 2 aliphatic rings. The number of hydrogen-bond acceptors (Lipinski definition) is 0. The van der Waals surface area contributed by atoms with Gasteiger partial charge in [0.1, 0.15) is 0 Å². The summed E-state index contributed by atoms with van der Waals surface area (Å²) in [7, 11) is 0.300. The average Bonchev–Trinajstić information content (AvgIpc) is 2.97. The third-order valence-electron chi connectivity index (χ3n) is 2.17. The molecule has 0 amide bonds. The molecule has 0 fully saturated rings. The summed E-state index contributed by atoms with van der Waals surface area (Å²) >= 11 is 0. The third kappa shape index (κ3) is 24.1. The summed E-state index contributed by atoms with van der Waals surface area (Å²) in [6.45, 7) is 9.55. The number of rotatable bonds is 1. The Kier molecular flexibility index (Phi) is 30.9. The van der Waals surface area contributed by atoms with Crippen molar-refractivity contribution >= 4 is 16.6 Å². The fraction of sp³-hybridized carbons (Fsp3) is 0.429. The molecule has 2 aliphatic carbocycles. The Balaban J connectivity index is -0.0000000824. The van der Waals surface area contributed by atoms with Gasteiger partial charge in [0.15, 0.2) is 0 Å². The van der Waals surface area contributed by atoms with Crippen molar-refractivity contribution < 1.29 is 46.5 Å². The van der Waals surface area contributed by atoms with Crippen LogP contribution in [0, 0.1) is 12.2 Å². The van der Waals surface area contributed by atoms with E-state index in [1.165, 1.54) is 0 Å². The maximum atomic E-state index is 2.99. The van der Waals surface area contributed by atoms with E-state index >= 15 is 0 Å². The van der Waals surface area contributed by atoms with Crippen LogP contribution in [0.5, 0.6) is 0 Å². The van der Waals surface area contributed by atoms with Crippen LogP contribution >= 0.6 is 0 Å². The van der Waals surface area contributed by atoms with Gasteiger partial charge in [-0.05, 0) is 0 Å². The zero-order valence-electron chi connectivity index (χ0n) is 12.1. The van der Waals surface area contributed by atoms with Gasteiger partial charge in [-0.15, -0.1) is 12.8 Å². The maximum Gasteiger partial charge on any atom is 4.00 e. The van der Waals surface area contributed by atoms with E-state index < -0.39 is 0 Å². The molecule has 0 nitrogen and oxygen atoms in total. The molecule has 0 unspecified atom stereocenters. The summed E-state index contributed by atoms with van der Waals surface area (Å²) in [5, 5.41) is 0. The van der Waals surface area contributed by atoms with E-state index in [9.17, 15) is 0 Å². The van der Waals surface area contributed by atoms with Gasteiger partial charge in [0.05, 0.1) is 0 Å². The van der Waals surface area contributed by atoms with E-state index in [0.29, 0.717) is 0 Å². The molecule has 0 aromatic heterocycles. The number of halogens is 2. The van der Waals surface area contributed by atoms with Gasteiger partial charge in [-0.3, -0.25) is 12.2 Å². The van der Waals surface area contributed by atoms with Crippen LogP contribution in [0.2, 0.25) is 26.2 Å². The van der Waals surface area contributed by atoms with Crippen molar-refractivity contribution in [1.29, 1.82) is 0 Å². The van der Waals surface area contributed by atoms with Crippen molar-refractivity contribution in [2.24, 2.45) is 0 Å². The first-order valence-electron chi connectivity index (χ1n) is 5.68. The Morgan fingerprint density at radius 3 is 1.11 bits per heavy atom. The van der Waals surface area contributed by atoms with Gasteiger partial charge in [-0.2, -0.15) is 12.2 Å². The average molecular weight is 365 g/mol. The predicted octanol–water partition coefficient (Wildman–Crippen LogP) is -1.81. The van der Waals surface area contributed by atoms with Crippen molar-refractivity contribution in [2.75, 3.05) is 0 Å². The van der Waals surface area contributed by atoms with Crippen LogP contribution < -0.4 is 24.8 Å². The van der Waals surface area contributed by atoms with Crippen molar-refractivity contribution in [2.45, 2.75) is 39.0 Å². The molecule has 0 heterocycles. The standard InChI is InChI=1S/2C5H5.C4H12Si2.2ClH.Ti/c2*1-2-4-5-3-1;1-5(2)6(3)4;;;/h2*1-3H,4H2;1-4H3;2*1H;/q2*-1;;;;+4/p-2. The Bertz CT molecular complexity index is 225. The molecule has 0 aromatic carbocycles. The Morgan fingerprint density at radius 2 is 1.05 bits per heavy atom. The molecule has 0 aliphatic heterocycles.